The zero-order valence-corrected chi connectivity index (χ0v) is 29.3. The SMILES string of the molecule is COC(=O)c1ccc(OC(CC2CC2)CN2CCC3(CC2)CC(=O)N(c2ccc(CC(=O)NCCNC(=O)NC(CO)(CO)CO)cc2)C3)cc1. The maximum absolute atomic E-state index is 13.2. The summed E-state index contributed by atoms with van der Waals surface area (Å²) < 4.78 is 11.2. The highest BCUT2D eigenvalue weighted by atomic mass is 16.5. The number of nitrogens with zero attached hydrogens (tertiary/aromatic N) is 2. The van der Waals surface area contributed by atoms with E-state index in [1.54, 1.807) is 12.1 Å². The number of nitrogens with one attached hydrogen (secondary N) is 3. The number of carbonyl (C=O) groups excluding carboxylic acids is 4. The minimum absolute atomic E-state index is 0.0548. The van der Waals surface area contributed by atoms with Crippen molar-refractivity contribution in [3.8, 4) is 5.75 Å². The van der Waals surface area contributed by atoms with Gasteiger partial charge in [0.25, 0.3) is 0 Å². The molecule has 2 heterocycles. The van der Waals surface area contributed by atoms with E-state index < -0.39 is 31.4 Å². The van der Waals surface area contributed by atoms with Crippen LogP contribution in [0.25, 0.3) is 0 Å². The lowest BCUT2D eigenvalue weighted by molar-refractivity contribution is -0.120. The first-order valence-electron chi connectivity index (χ1n) is 17.7. The Balaban J connectivity index is 1.05. The molecule has 3 aliphatic rings. The van der Waals surface area contributed by atoms with Gasteiger partial charge in [0.2, 0.25) is 11.8 Å². The molecule has 0 radical (unpaired) electrons. The summed E-state index contributed by atoms with van der Waals surface area (Å²) in [6, 6.07) is 13.9. The number of hydrogen-bond acceptors (Lipinski definition) is 10. The lowest BCUT2D eigenvalue weighted by Gasteiger charge is -2.40. The molecule has 1 atom stereocenters. The minimum Gasteiger partial charge on any atom is -0.489 e. The smallest absolute Gasteiger partial charge is 0.337 e. The largest absolute Gasteiger partial charge is 0.489 e. The van der Waals surface area contributed by atoms with E-state index in [1.807, 2.05) is 41.3 Å². The Bertz CT molecular complexity index is 1480. The second kappa shape index (κ2) is 17.3. The molecule has 2 aliphatic heterocycles. The quantitative estimate of drug-likeness (QED) is 0.103. The monoisotopic (exact) mass is 709 g/mol. The molecular formula is C37H51N5O9. The highest BCUT2D eigenvalue weighted by Crippen LogP contribution is 2.43. The first-order chi connectivity index (χ1) is 24.6. The van der Waals surface area contributed by atoms with Crippen LogP contribution in [0.3, 0.4) is 0 Å². The van der Waals surface area contributed by atoms with E-state index in [9.17, 15) is 34.5 Å². The number of amides is 4. The molecule has 1 unspecified atom stereocenters. The number of urea groups is 1. The summed E-state index contributed by atoms with van der Waals surface area (Å²) in [5, 5.41) is 35.5. The van der Waals surface area contributed by atoms with Crippen LogP contribution in [-0.2, 0) is 20.7 Å². The van der Waals surface area contributed by atoms with Crippen LogP contribution in [0.1, 0.15) is 54.4 Å². The molecule has 0 aromatic heterocycles. The van der Waals surface area contributed by atoms with Gasteiger partial charge in [-0.05, 0) is 85.6 Å². The van der Waals surface area contributed by atoms with Crippen molar-refractivity contribution >= 4 is 29.5 Å². The number of carbonyl (C=O) groups is 4. The van der Waals surface area contributed by atoms with Crippen molar-refractivity contribution in [1.29, 1.82) is 0 Å². The van der Waals surface area contributed by atoms with Gasteiger partial charge in [0.15, 0.2) is 0 Å². The van der Waals surface area contributed by atoms with Gasteiger partial charge in [-0.1, -0.05) is 25.0 Å². The van der Waals surface area contributed by atoms with Crippen LogP contribution in [0.15, 0.2) is 48.5 Å². The van der Waals surface area contributed by atoms with Crippen molar-refractivity contribution in [3.63, 3.8) is 0 Å². The average molecular weight is 710 g/mol. The Morgan fingerprint density at radius 2 is 1.59 bits per heavy atom. The van der Waals surface area contributed by atoms with Gasteiger partial charge in [0.1, 0.15) is 17.4 Å². The lowest BCUT2D eigenvalue weighted by Crippen LogP contribution is -2.59. The van der Waals surface area contributed by atoms with E-state index in [0.717, 1.165) is 55.9 Å². The molecule has 51 heavy (non-hydrogen) atoms. The second-order valence-electron chi connectivity index (χ2n) is 14.2. The zero-order valence-electron chi connectivity index (χ0n) is 29.3. The molecule has 14 nitrogen and oxygen atoms in total. The number of benzene rings is 2. The van der Waals surface area contributed by atoms with E-state index in [2.05, 4.69) is 20.9 Å². The number of likely N-dealkylation sites (tertiary alicyclic amines) is 1. The van der Waals surface area contributed by atoms with Crippen LogP contribution in [-0.4, -0.2) is 122 Å². The molecule has 2 aromatic rings. The minimum atomic E-state index is -1.53. The number of esters is 1. The molecule has 1 saturated carbocycles. The molecule has 6 N–H and O–H groups in total. The molecule has 278 valence electrons. The van der Waals surface area contributed by atoms with Crippen LogP contribution in [0.4, 0.5) is 10.5 Å². The van der Waals surface area contributed by atoms with Gasteiger partial charge in [-0.25, -0.2) is 9.59 Å². The van der Waals surface area contributed by atoms with Crippen LogP contribution in [0.2, 0.25) is 0 Å². The number of anilines is 1. The summed E-state index contributed by atoms with van der Waals surface area (Å²) in [6.45, 7) is 1.66. The topological polar surface area (TPSA) is 190 Å². The van der Waals surface area contributed by atoms with Crippen molar-refractivity contribution < 1.29 is 44.0 Å². The van der Waals surface area contributed by atoms with E-state index in [1.165, 1.54) is 20.0 Å². The van der Waals surface area contributed by atoms with Crippen LogP contribution < -0.4 is 25.6 Å². The Kier molecular flexibility index (Phi) is 12.9. The normalized spacial score (nSPS) is 18.0. The van der Waals surface area contributed by atoms with Gasteiger partial charge in [-0.15, -0.1) is 0 Å². The summed E-state index contributed by atoms with van der Waals surface area (Å²) in [7, 11) is 1.37. The fraction of sp³-hybridized carbons (Fsp3) is 0.568. The van der Waals surface area contributed by atoms with Crippen molar-refractivity contribution in [3.05, 3.63) is 59.7 Å². The highest BCUT2D eigenvalue weighted by Gasteiger charge is 2.45. The standard InChI is InChI=1S/C37H51N5O9/c1-50-34(48)28-6-10-30(11-7-28)51-31(18-26-2-3-26)21-41-16-12-36(13-17-41)20-33(47)42(22-36)29-8-4-27(5-9-29)19-32(46)38-14-15-39-35(49)40-37(23-43,24-44)25-45/h4-11,26,31,43-45H,2-3,12-25H2,1H3,(H,38,46)(H2,39,40,49). The third-order valence-electron chi connectivity index (χ3n) is 10.2. The Morgan fingerprint density at radius 1 is 0.941 bits per heavy atom. The maximum Gasteiger partial charge on any atom is 0.337 e. The molecule has 4 amide bonds. The number of aliphatic hydroxyl groups excluding tert-OH is 3. The zero-order chi connectivity index (χ0) is 36.4. The van der Waals surface area contributed by atoms with E-state index in [0.29, 0.717) is 24.4 Å². The maximum atomic E-state index is 13.2. The summed E-state index contributed by atoms with van der Waals surface area (Å²) in [6.07, 6.45) is 6.05. The predicted molar refractivity (Wildman–Crippen MR) is 188 cm³/mol. The van der Waals surface area contributed by atoms with Gasteiger partial charge in [0, 0.05) is 38.3 Å². The summed E-state index contributed by atoms with van der Waals surface area (Å²) in [5.41, 5.74) is 0.505. The number of aliphatic hydroxyl groups is 3. The molecule has 1 aliphatic carbocycles. The van der Waals surface area contributed by atoms with E-state index >= 15 is 0 Å². The number of ether oxygens (including phenoxy) is 2. The van der Waals surface area contributed by atoms with Gasteiger partial charge in [-0.3, -0.25) is 14.5 Å². The van der Waals surface area contributed by atoms with Crippen molar-refractivity contribution in [2.75, 3.05) is 71.1 Å². The van der Waals surface area contributed by atoms with Crippen LogP contribution in [0.5, 0.6) is 5.75 Å². The molecule has 5 rings (SSSR count). The first kappa shape index (κ1) is 38.0. The number of piperidine rings is 1. The fourth-order valence-corrected chi connectivity index (χ4v) is 6.80. The van der Waals surface area contributed by atoms with Crippen LogP contribution in [0, 0.1) is 11.3 Å². The third-order valence-corrected chi connectivity index (χ3v) is 10.2. The van der Waals surface area contributed by atoms with Gasteiger partial charge in [0.05, 0.1) is 38.9 Å². The van der Waals surface area contributed by atoms with Crippen molar-refractivity contribution in [2.24, 2.45) is 11.3 Å². The Morgan fingerprint density at radius 3 is 2.20 bits per heavy atom. The fourth-order valence-electron chi connectivity index (χ4n) is 6.80. The average Bonchev–Trinajstić information content (AvgIpc) is 3.90. The molecule has 2 aromatic carbocycles. The molecule has 0 bridgehead atoms. The van der Waals surface area contributed by atoms with Gasteiger partial charge in [-0.2, -0.15) is 0 Å². The summed E-state index contributed by atoms with van der Waals surface area (Å²) in [4.78, 5) is 53.8. The first-order valence-corrected chi connectivity index (χ1v) is 17.7. The third kappa shape index (κ3) is 10.4. The number of hydrogen-bond donors (Lipinski definition) is 6. The lowest BCUT2D eigenvalue weighted by atomic mass is 9.77. The van der Waals surface area contributed by atoms with Crippen LogP contribution >= 0.6 is 0 Å². The van der Waals surface area contributed by atoms with Gasteiger partial charge >= 0.3 is 12.0 Å². The number of methoxy groups -OCH3 is 1. The van der Waals surface area contributed by atoms with Crippen molar-refractivity contribution in [1.82, 2.24) is 20.9 Å². The summed E-state index contributed by atoms with van der Waals surface area (Å²) in [5.74, 6) is 0.960. The highest BCUT2D eigenvalue weighted by molar-refractivity contribution is 5.96. The van der Waals surface area contributed by atoms with Crippen molar-refractivity contribution in [2.45, 2.75) is 56.6 Å². The Labute approximate surface area is 298 Å². The molecule has 14 heteroatoms. The molecule has 1 spiro atoms. The second-order valence-corrected chi connectivity index (χ2v) is 14.2. The summed E-state index contributed by atoms with van der Waals surface area (Å²) >= 11 is 0. The van der Waals surface area contributed by atoms with E-state index in [4.69, 9.17) is 9.47 Å². The van der Waals surface area contributed by atoms with Gasteiger partial charge < -0.3 is 45.6 Å². The number of rotatable bonds is 17. The predicted octanol–water partition coefficient (Wildman–Crippen LogP) is 1.21. The Hall–Kier alpha value is -4.24. The molecule has 2 saturated heterocycles. The molecular weight excluding hydrogens is 658 g/mol. The molecule has 3 fully saturated rings. The van der Waals surface area contributed by atoms with E-state index in [-0.39, 0.29) is 48.8 Å².